The van der Waals surface area contributed by atoms with Crippen molar-refractivity contribution < 1.29 is 0 Å². The molecule has 1 aromatic rings. The number of nitrogens with one attached hydrogen (secondary N) is 1. The molecular formula is C16H28N2S. The Balaban J connectivity index is 2.32. The zero-order chi connectivity index (χ0) is 13.9. The van der Waals surface area contributed by atoms with E-state index in [9.17, 15) is 0 Å². The van der Waals surface area contributed by atoms with Crippen LogP contribution in [-0.4, -0.2) is 11.0 Å². The van der Waals surface area contributed by atoms with Crippen LogP contribution in [0.4, 0.5) is 0 Å². The molecule has 0 amide bonds. The standard InChI is InChI=1S/C16H28N2S/c1-5-10-16(11-6-2,18-12(3)4)15-17-13-8-7-9-14(13)19-15/h12,18H,5-11H2,1-4H3. The van der Waals surface area contributed by atoms with Crippen molar-refractivity contribution in [3.8, 4) is 0 Å². The van der Waals surface area contributed by atoms with E-state index in [4.69, 9.17) is 4.98 Å². The first-order chi connectivity index (χ1) is 9.11. The number of thiazole rings is 1. The molecule has 1 aromatic heterocycles. The fraction of sp³-hybridized carbons (Fsp3) is 0.812. The molecule has 1 aliphatic carbocycles. The summed E-state index contributed by atoms with van der Waals surface area (Å²) in [5.74, 6) is 0. The van der Waals surface area contributed by atoms with Crippen LogP contribution in [0.25, 0.3) is 0 Å². The Labute approximate surface area is 122 Å². The monoisotopic (exact) mass is 280 g/mol. The lowest BCUT2D eigenvalue weighted by Crippen LogP contribution is -2.46. The third-order valence-corrected chi connectivity index (χ3v) is 5.29. The average molecular weight is 280 g/mol. The van der Waals surface area contributed by atoms with Gasteiger partial charge in [0.2, 0.25) is 0 Å². The number of aryl methyl sites for hydroxylation is 2. The van der Waals surface area contributed by atoms with Gasteiger partial charge in [0.1, 0.15) is 5.01 Å². The average Bonchev–Trinajstić information content (AvgIpc) is 2.88. The van der Waals surface area contributed by atoms with E-state index in [2.05, 4.69) is 33.0 Å². The lowest BCUT2D eigenvalue weighted by atomic mass is 9.88. The normalized spacial score (nSPS) is 15.2. The highest BCUT2D eigenvalue weighted by Gasteiger charge is 2.35. The second-order valence-corrected chi connectivity index (χ2v) is 7.21. The van der Waals surface area contributed by atoms with Gasteiger partial charge in [0, 0.05) is 10.9 Å². The molecular weight excluding hydrogens is 252 g/mol. The molecule has 19 heavy (non-hydrogen) atoms. The van der Waals surface area contributed by atoms with Gasteiger partial charge in [-0.05, 0) is 46.0 Å². The molecule has 1 heterocycles. The Morgan fingerprint density at radius 3 is 2.42 bits per heavy atom. The summed E-state index contributed by atoms with van der Waals surface area (Å²) >= 11 is 1.98. The van der Waals surface area contributed by atoms with Gasteiger partial charge in [0.25, 0.3) is 0 Å². The minimum Gasteiger partial charge on any atom is -0.303 e. The molecule has 0 radical (unpaired) electrons. The van der Waals surface area contributed by atoms with E-state index >= 15 is 0 Å². The summed E-state index contributed by atoms with van der Waals surface area (Å²) in [5.41, 5.74) is 1.51. The van der Waals surface area contributed by atoms with Crippen LogP contribution in [-0.2, 0) is 18.4 Å². The van der Waals surface area contributed by atoms with Crippen molar-refractivity contribution in [1.29, 1.82) is 0 Å². The topological polar surface area (TPSA) is 24.9 Å². The molecule has 0 unspecified atom stereocenters. The van der Waals surface area contributed by atoms with E-state index in [1.807, 2.05) is 11.3 Å². The summed E-state index contributed by atoms with van der Waals surface area (Å²) in [7, 11) is 0. The zero-order valence-corrected chi connectivity index (χ0v) is 13.7. The highest BCUT2D eigenvalue weighted by Crippen LogP contribution is 2.38. The molecule has 0 bridgehead atoms. The first kappa shape index (κ1) is 15.0. The van der Waals surface area contributed by atoms with Crippen LogP contribution in [0, 0.1) is 0 Å². The number of hydrogen-bond acceptors (Lipinski definition) is 3. The fourth-order valence-electron chi connectivity index (χ4n) is 3.35. The number of nitrogens with zero attached hydrogens (tertiary/aromatic N) is 1. The van der Waals surface area contributed by atoms with Gasteiger partial charge in [-0.25, -0.2) is 4.98 Å². The highest BCUT2D eigenvalue weighted by atomic mass is 32.1. The minimum atomic E-state index is 0.118. The fourth-order valence-corrected chi connectivity index (χ4v) is 4.71. The van der Waals surface area contributed by atoms with Gasteiger partial charge in [-0.1, -0.05) is 26.7 Å². The van der Waals surface area contributed by atoms with E-state index in [-0.39, 0.29) is 5.54 Å². The molecule has 0 fully saturated rings. The summed E-state index contributed by atoms with van der Waals surface area (Å²) in [4.78, 5) is 6.56. The maximum Gasteiger partial charge on any atom is 0.113 e. The molecule has 2 nitrogen and oxygen atoms in total. The van der Waals surface area contributed by atoms with Crippen LogP contribution in [0.3, 0.4) is 0 Å². The summed E-state index contributed by atoms with van der Waals surface area (Å²) < 4.78 is 0. The van der Waals surface area contributed by atoms with Crippen molar-refractivity contribution in [2.75, 3.05) is 0 Å². The molecule has 0 aromatic carbocycles. The van der Waals surface area contributed by atoms with E-state index in [1.54, 1.807) is 4.88 Å². The Morgan fingerprint density at radius 1 is 1.21 bits per heavy atom. The molecule has 0 saturated carbocycles. The molecule has 1 N–H and O–H groups in total. The Hall–Kier alpha value is -0.410. The smallest absolute Gasteiger partial charge is 0.113 e. The maximum atomic E-state index is 5.01. The van der Waals surface area contributed by atoms with Gasteiger partial charge in [-0.2, -0.15) is 0 Å². The molecule has 108 valence electrons. The first-order valence-electron chi connectivity index (χ1n) is 7.88. The predicted octanol–water partition coefficient (Wildman–Crippen LogP) is 4.43. The third-order valence-electron chi connectivity index (χ3n) is 3.92. The third kappa shape index (κ3) is 3.19. The summed E-state index contributed by atoms with van der Waals surface area (Å²) in [5, 5.41) is 5.20. The van der Waals surface area contributed by atoms with E-state index < -0.39 is 0 Å². The predicted molar refractivity (Wildman–Crippen MR) is 83.9 cm³/mol. The highest BCUT2D eigenvalue weighted by molar-refractivity contribution is 7.12. The zero-order valence-electron chi connectivity index (χ0n) is 12.9. The number of aromatic nitrogens is 1. The van der Waals surface area contributed by atoms with E-state index in [1.165, 1.54) is 55.6 Å². The second-order valence-electron chi connectivity index (χ2n) is 6.12. The van der Waals surface area contributed by atoms with Crippen LogP contribution in [0.5, 0.6) is 0 Å². The Morgan fingerprint density at radius 2 is 1.89 bits per heavy atom. The van der Waals surface area contributed by atoms with Crippen LogP contribution >= 0.6 is 11.3 Å². The summed E-state index contributed by atoms with van der Waals surface area (Å²) in [6, 6.07) is 0.511. The van der Waals surface area contributed by atoms with Crippen molar-refractivity contribution in [2.24, 2.45) is 0 Å². The maximum absolute atomic E-state index is 5.01. The van der Waals surface area contributed by atoms with Crippen LogP contribution < -0.4 is 5.32 Å². The number of hydrogen-bond donors (Lipinski definition) is 1. The molecule has 0 spiro atoms. The first-order valence-corrected chi connectivity index (χ1v) is 8.69. The van der Waals surface area contributed by atoms with Gasteiger partial charge >= 0.3 is 0 Å². The lowest BCUT2D eigenvalue weighted by molar-refractivity contribution is 0.257. The molecule has 2 rings (SSSR count). The van der Waals surface area contributed by atoms with Gasteiger partial charge in [0.15, 0.2) is 0 Å². The largest absolute Gasteiger partial charge is 0.303 e. The molecule has 0 atom stereocenters. The van der Waals surface area contributed by atoms with E-state index in [0.29, 0.717) is 6.04 Å². The molecule has 1 aliphatic rings. The van der Waals surface area contributed by atoms with Crippen molar-refractivity contribution in [3.63, 3.8) is 0 Å². The van der Waals surface area contributed by atoms with E-state index in [0.717, 1.165) is 0 Å². The Bertz CT molecular complexity index is 381. The number of rotatable bonds is 7. The van der Waals surface area contributed by atoms with Gasteiger partial charge in [0.05, 0.1) is 11.2 Å². The van der Waals surface area contributed by atoms with Crippen molar-refractivity contribution in [1.82, 2.24) is 10.3 Å². The van der Waals surface area contributed by atoms with Crippen LogP contribution in [0.1, 0.15) is 75.4 Å². The van der Waals surface area contributed by atoms with Gasteiger partial charge in [-0.15, -0.1) is 11.3 Å². The van der Waals surface area contributed by atoms with Crippen molar-refractivity contribution in [3.05, 3.63) is 15.6 Å². The summed E-state index contributed by atoms with van der Waals surface area (Å²) in [6.07, 6.45) is 8.58. The van der Waals surface area contributed by atoms with Gasteiger partial charge in [-0.3, -0.25) is 0 Å². The molecule has 0 saturated heterocycles. The van der Waals surface area contributed by atoms with Gasteiger partial charge < -0.3 is 5.32 Å². The Kier molecular flexibility index (Phi) is 5.02. The van der Waals surface area contributed by atoms with Crippen LogP contribution in [0.2, 0.25) is 0 Å². The quantitative estimate of drug-likeness (QED) is 0.799. The van der Waals surface area contributed by atoms with Crippen molar-refractivity contribution >= 4 is 11.3 Å². The summed E-state index contributed by atoms with van der Waals surface area (Å²) in [6.45, 7) is 9.07. The SMILES string of the molecule is CCCC(CCC)(NC(C)C)c1nc2c(s1)CCC2. The lowest BCUT2D eigenvalue weighted by Gasteiger charge is -2.35. The van der Waals surface area contributed by atoms with Crippen LogP contribution in [0.15, 0.2) is 0 Å². The molecule has 3 heteroatoms. The van der Waals surface area contributed by atoms with Crippen molar-refractivity contribution in [2.45, 2.75) is 84.2 Å². The minimum absolute atomic E-state index is 0.118. The molecule has 0 aliphatic heterocycles. The second kappa shape index (κ2) is 6.36. The number of fused-ring (bicyclic) bond motifs is 1.